The van der Waals surface area contributed by atoms with Crippen molar-refractivity contribution in [3.8, 4) is 0 Å². The molecule has 1 saturated heterocycles. The second kappa shape index (κ2) is 8.78. The van der Waals surface area contributed by atoms with Gasteiger partial charge in [-0.15, -0.1) is 0 Å². The summed E-state index contributed by atoms with van der Waals surface area (Å²) in [6.07, 6.45) is 3.11. The molecule has 1 aromatic rings. The highest BCUT2D eigenvalue weighted by atomic mass is 32.2. The maximum atomic E-state index is 12.6. The molecule has 1 amide bonds. The van der Waals surface area contributed by atoms with E-state index < -0.39 is 16.1 Å². The smallest absolute Gasteiger partial charge is 0.243 e. The molecule has 1 aliphatic heterocycles. The number of amides is 1. The molecule has 25 heavy (non-hydrogen) atoms. The van der Waals surface area contributed by atoms with Crippen LogP contribution in [0.15, 0.2) is 29.2 Å². The Morgan fingerprint density at radius 1 is 1.16 bits per heavy atom. The Morgan fingerprint density at radius 2 is 1.76 bits per heavy atom. The monoisotopic (exact) mass is 368 g/mol. The van der Waals surface area contributed by atoms with Crippen molar-refractivity contribution in [1.29, 1.82) is 0 Å². The van der Waals surface area contributed by atoms with Crippen molar-refractivity contribution in [2.24, 2.45) is 0 Å². The fourth-order valence-corrected chi connectivity index (χ4v) is 4.63. The summed E-state index contributed by atoms with van der Waals surface area (Å²) in [5.74, 6) is -0.139. The molecule has 0 bridgehead atoms. The van der Waals surface area contributed by atoms with Crippen molar-refractivity contribution in [2.45, 2.75) is 63.0 Å². The second-order valence-electron chi connectivity index (χ2n) is 6.84. The first-order chi connectivity index (χ1) is 11.8. The molecule has 0 saturated carbocycles. The number of nitrogens with one attached hydrogen (secondary N) is 1. The maximum Gasteiger partial charge on any atom is 0.243 e. The van der Waals surface area contributed by atoms with Crippen LogP contribution in [0.3, 0.4) is 0 Å². The van der Waals surface area contributed by atoms with E-state index in [4.69, 9.17) is 0 Å². The van der Waals surface area contributed by atoms with E-state index in [-0.39, 0.29) is 23.3 Å². The van der Waals surface area contributed by atoms with E-state index in [2.05, 4.69) is 5.32 Å². The molecule has 140 valence electrons. The first kappa shape index (κ1) is 19.9. The van der Waals surface area contributed by atoms with Crippen molar-refractivity contribution < 1.29 is 18.3 Å². The zero-order valence-electron chi connectivity index (χ0n) is 14.9. The topological polar surface area (TPSA) is 86.7 Å². The number of rotatable bonds is 7. The molecule has 0 unspecified atom stereocenters. The van der Waals surface area contributed by atoms with E-state index >= 15 is 0 Å². The molecule has 1 fully saturated rings. The highest BCUT2D eigenvalue weighted by Crippen LogP contribution is 2.21. The minimum Gasteiger partial charge on any atom is -0.393 e. The minimum atomic E-state index is -3.43. The quantitative estimate of drug-likeness (QED) is 0.767. The zero-order chi connectivity index (χ0) is 18.4. The van der Waals surface area contributed by atoms with E-state index in [0.29, 0.717) is 19.5 Å². The lowest BCUT2D eigenvalue weighted by atomic mass is 10.1. The van der Waals surface area contributed by atoms with Crippen LogP contribution in [0.5, 0.6) is 0 Å². The number of aliphatic hydroxyl groups excluding tert-OH is 1. The van der Waals surface area contributed by atoms with Crippen LogP contribution in [0.4, 0.5) is 0 Å². The van der Waals surface area contributed by atoms with E-state index in [1.165, 1.54) is 4.31 Å². The van der Waals surface area contributed by atoms with Crippen molar-refractivity contribution in [3.63, 3.8) is 0 Å². The number of benzene rings is 1. The molecule has 0 aromatic heterocycles. The summed E-state index contributed by atoms with van der Waals surface area (Å²) in [5.41, 5.74) is 0.763. The summed E-state index contributed by atoms with van der Waals surface area (Å²) in [5, 5.41) is 12.2. The van der Waals surface area contributed by atoms with Gasteiger partial charge in [0.2, 0.25) is 15.9 Å². The standard InChI is InChI=1S/C18H28N2O4S/c1-14(12-15(2)21)19-18(22)13-16-6-8-17(9-7-16)25(23,24)20-10-4-3-5-11-20/h6-9,14-15,21H,3-5,10-13H2,1-2H3,(H,19,22)/t14-,15-/m1/s1. The predicted molar refractivity (Wildman–Crippen MR) is 96.7 cm³/mol. The lowest BCUT2D eigenvalue weighted by molar-refractivity contribution is -0.121. The first-order valence-corrected chi connectivity index (χ1v) is 10.3. The van der Waals surface area contributed by atoms with E-state index in [0.717, 1.165) is 24.8 Å². The second-order valence-corrected chi connectivity index (χ2v) is 8.78. The largest absolute Gasteiger partial charge is 0.393 e. The summed E-state index contributed by atoms with van der Waals surface area (Å²) in [7, 11) is -3.43. The summed E-state index contributed by atoms with van der Waals surface area (Å²) in [6.45, 7) is 4.68. The Labute approximate surface area is 150 Å². The number of nitrogens with zero attached hydrogens (tertiary/aromatic N) is 1. The van der Waals surface area contributed by atoms with E-state index in [9.17, 15) is 18.3 Å². The molecule has 0 spiro atoms. The van der Waals surface area contributed by atoms with Crippen LogP contribution in [0, 0.1) is 0 Å². The third kappa shape index (κ3) is 5.80. The molecule has 1 aliphatic rings. The molecule has 6 nitrogen and oxygen atoms in total. The maximum absolute atomic E-state index is 12.6. The average Bonchev–Trinajstić information content (AvgIpc) is 2.55. The molecule has 2 N–H and O–H groups in total. The Bertz CT molecular complexity index is 665. The Kier molecular flexibility index (Phi) is 6.98. The van der Waals surface area contributed by atoms with Crippen LogP contribution in [0.25, 0.3) is 0 Å². The summed E-state index contributed by atoms with van der Waals surface area (Å²) in [6, 6.07) is 6.43. The molecule has 1 heterocycles. The Balaban J connectivity index is 1.96. The van der Waals surface area contributed by atoms with Crippen LogP contribution >= 0.6 is 0 Å². The number of piperidine rings is 1. The van der Waals surface area contributed by atoms with Gasteiger partial charge in [-0.1, -0.05) is 18.6 Å². The van der Waals surface area contributed by atoms with Crippen molar-refractivity contribution in [1.82, 2.24) is 9.62 Å². The third-order valence-electron chi connectivity index (χ3n) is 4.34. The van der Waals surface area contributed by atoms with Gasteiger partial charge < -0.3 is 10.4 Å². The molecule has 0 radical (unpaired) electrons. The lowest BCUT2D eigenvalue weighted by Crippen LogP contribution is -2.36. The number of hydrogen-bond acceptors (Lipinski definition) is 4. The van der Waals surface area contributed by atoms with Crippen LogP contribution in [0.1, 0.15) is 45.1 Å². The lowest BCUT2D eigenvalue weighted by Gasteiger charge is -2.25. The summed E-state index contributed by atoms with van der Waals surface area (Å²) >= 11 is 0. The third-order valence-corrected chi connectivity index (χ3v) is 6.26. The number of carbonyl (C=O) groups is 1. The van der Waals surface area contributed by atoms with Gasteiger partial charge in [-0.05, 0) is 50.8 Å². The van der Waals surface area contributed by atoms with Crippen molar-refractivity contribution >= 4 is 15.9 Å². The van der Waals surface area contributed by atoms with Gasteiger partial charge in [-0.2, -0.15) is 4.31 Å². The SMILES string of the molecule is C[C@H](C[C@@H](C)O)NC(=O)Cc1ccc(S(=O)(=O)N2CCCCC2)cc1. The number of sulfonamides is 1. The van der Waals surface area contributed by atoms with Gasteiger partial charge in [0.15, 0.2) is 0 Å². The van der Waals surface area contributed by atoms with Crippen LogP contribution < -0.4 is 5.32 Å². The zero-order valence-corrected chi connectivity index (χ0v) is 15.8. The van der Waals surface area contributed by atoms with Crippen LogP contribution in [-0.4, -0.2) is 49.0 Å². The van der Waals surface area contributed by atoms with Crippen molar-refractivity contribution in [3.05, 3.63) is 29.8 Å². The number of aliphatic hydroxyl groups is 1. The van der Waals surface area contributed by atoms with Gasteiger partial charge >= 0.3 is 0 Å². The van der Waals surface area contributed by atoms with Gasteiger partial charge in [0.25, 0.3) is 0 Å². The fourth-order valence-electron chi connectivity index (χ4n) is 3.12. The molecule has 1 aromatic carbocycles. The number of carbonyl (C=O) groups excluding carboxylic acids is 1. The minimum absolute atomic E-state index is 0.105. The molecule has 2 rings (SSSR count). The highest BCUT2D eigenvalue weighted by molar-refractivity contribution is 7.89. The van der Waals surface area contributed by atoms with E-state index in [1.54, 1.807) is 31.2 Å². The highest BCUT2D eigenvalue weighted by Gasteiger charge is 2.25. The Morgan fingerprint density at radius 3 is 2.32 bits per heavy atom. The molecular weight excluding hydrogens is 340 g/mol. The molecule has 2 atom stereocenters. The fraction of sp³-hybridized carbons (Fsp3) is 0.611. The van der Waals surface area contributed by atoms with Crippen LogP contribution in [0.2, 0.25) is 0 Å². The van der Waals surface area contributed by atoms with Gasteiger partial charge in [0, 0.05) is 19.1 Å². The number of hydrogen-bond donors (Lipinski definition) is 2. The van der Waals surface area contributed by atoms with Gasteiger partial charge in [0.05, 0.1) is 17.4 Å². The van der Waals surface area contributed by atoms with Gasteiger partial charge in [0.1, 0.15) is 0 Å². The van der Waals surface area contributed by atoms with Gasteiger partial charge in [-0.25, -0.2) is 8.42 Å². The van der Waals surface area contributed by atoms with Crippen LogP contribution in [-0.2, 0) is 21.2 Å². The molecule has 7 heteroatoms. The van der Waals surface area contributed by atoms with Crippen molar-refractivity contribution in [2.75, 3.05) is 13.1 Å². The van der Waals surface area contributed by atoms with E-state index in [1.807, 2.05) is 6.92 Å². The summed E-state index contributed by atoms with van der Waals surface area (Å²) < 4.78 is 26.7. The normalized spacial score (nSPS) is 18.5. The first-order valence-electron chi connectivity index (χ1n) is 8.85. The molecule has 0 aliphatic carbocycles. The summed E-state index contributed by atoms with van der Waals surface area (Å²) in [4.78, 5) is 12.3. The molecular formula is C18H28N2O4S. The van der Waals surface area contributed by atoms with Gasteiger partial charge in [-0.3, -0.25) is 4.79 Å². The Hall–Kier alpha value is -1.44. The predicted octanol–water partition coefficient (Wildman–Crippen LogP) is 1.68. The average molecular weight is 368 g/mol.